The first-order valence-corrected chi connectivity index (χ1v) is 9.82. The molecule has 0 spiro atoms. The van der Waals surface area contributed by atoms with Crippen molar-refractivity contribution in [2.75, 3.05) is 37.8 Å². The quantitative estimate of drug-likeness (QED) is 0.357. The Morgan fingerprint density at radius 2 is 1.84 bits per heavy atom. The number of nitrogens with zero attached hydrogens (tertiary/aromatic N) is 1. The Labute approximate surface area is 146 Å². The number of rotatable bonds is 7. The van der Waals surface area contributed by atoms with Crippen LogP contribution < -0.4 is 16.0 Å². The summed E-state index contributed by atoms with van der Waals surface area (Å²) in [6.07, 6.45) is 1.62. The van der Waals surface area contributed by atoms with Crippen LogP contribution in [0, 0.1) is 10.1 Å². The number of hydrogen-bond donors (Lipinski definition) is 3. The molecule has 1 amide bonds. The number of hydrogen-bond acceptors (Lipinski definition) is 7. The molecule has 0 aromatic heterocycles. The molecule has 0 radical (unpaired) electrons. The van der Waals surface area contributed by atoms with Crippen molar-refractivity contribution in [1.82, 2.24) is 10.6 Å². The minimum absolute atomic E-state index is 0.000134. The summed E-state index contributed by atoms with van der Waals surface area (Å²) in [5.74, 6) is -0.470. The van der Waals surface area contributed by atoms with Crippen LogP contribution in [0.2, 0.25) is 0 Å². The SMILES string of the molecule is CS(=O)(=O)C1(C(=O)NCCNc2ccc([N+](=O)[O-])cc2)CCNCC1. The van der Waals surface area contributed by atoms with E-state index in [0.717, 1.165) is 6.26 Å². The molecular weight excluding hydrogens is 348 g/mol. The molecule has 25 heavy (non-hydrogen) atoms. The van der Waals surface area contributed by atoms with Crippen molar-refractivity contribution in [2.24, 2.45) is 0 Å². The number of anilines is 1. The number of nitrogens with one attached hydrogen (secondary N) is 3. The lowest BCUT2D eigenvalue weighted by Crippen LogP contribution is -2.57. The molecule has 1 aliphatic heterocycles. The third-order valence-electron chi connectivity index (χ3n) is 4.35. The van der Waals surface area contributed by atoms with Gasteiger partial charge in [-0.2, -0.15) is 0 Å². The second kappa shape index (κ2) is 7.79. The van der Waals surface area contributed by atoms with E-state index in [1.54, 1.807) is 12.1 Å². The van der Waals surface area contributed by atoms with Crippen LogP contribution in [0.5, 0.6) is 0 Å². The first-order chi connectivity index (χ1) is 11.8. The molecular formula is C15H22N4O5S. The van der Waals surface area contributed by atoms with Crippen LogP contribution in [0.15, 0.2) is 24.3 Å². The van der Waals surface area contributed by atoms with E-state index in [1.165, 1.54) is 12.1 Å². The minimum Gasteiger partial charge on any atom is -0.383 e. The van der Waals surface area contributed by atoms with Crippen LogP contribution in [0.25, 0.3) is 0 Å². The van der Waals surface area contributed by atoms with Gasteiger partial charge in [-0.15, -0.1) is 0 Å². The molecule has 10 heteroatoms. The van der Waals surface area contributed by atoms with Crippen molar-refractivity contribution in [3.05, 3.63) is 34.4 Å². The fourth-order valence-corrected chi connectivity index (χ4v) is 4.20. The summed E-state index contributed by atoms with van der Waals surface area (Å²) in [5, 5.41) is 19.4. The summed E-state index contributed by atoms with van der Waals surface area (Å²) >= 11 is 0. The van der Waals surface area contributed by atoms with Gasteiger partial charge in [-0.3, -0.25) is 14.9 Å². The molecule has 1 fully saturated rings. The highest BCUT2D eigenvalue weighted by atomic mass is 32.2. The van der Waals surface area contributed by atoms with E-state index in [1.807, 2.05) is 0 Å². The minimum atomic E-state index is -3.53. The maximum atomic E-state index is 12.5. The van der Waals surface area contributed by atoms with Gasteiger partial charge in [0, 0.05) is 37.2 Å². The Kier molecular flexibility index (Phi) is 5.96. The smallest absolute Gasteiger partial charge is 0.269 e. The molecule has 0 unspecified atom stereocenters. The van der Waals surface area contributed by atoms with Crippen molar-refractivity contribution in [1.29, 1.82) is 0 Å². The number of piperidine rings is 1. The molecule has 3 N–H and O–H groups in total. The molecule has 1 aromatic carbocycles. The molecule has 138 valence electrons. The Morgan fingerprint density at radius 1 is 1.24 bits per heavy atom. The zero-order chi connectivity index (χ0) is 18.5. The Balaban J connectivity index is 1.87. The van der Waals surface area contributed by atoms with Gasteiger partial charge in [0.25, 0.3) is 5.69 Å². The van der Waals surface area contributed by atoms with E-state index in [0.29, 0.717) is 25.3 Å². The lowest BCUT2D eigenvalue weighted by Gasteiger charge is -2.34. The maximum Gasteiger partial charge on any atom is 0.269 e. The monoisotopic (exact) mass is 370 g/mol. The topological polar surface area (TPSA) is 130 Å². The summed E-state index contributed by atoms with van der Waals surface area (Å²) in [7, 11) is -3.53. The van der Waals surface area contributed by atoms with Crippen LogP contribution in [0.3, 0.4) is 0 Å². The molecule has 0 atom stereocenters. The number of benzene rings is 1. The van der Waals surface area contributed by atoms with E-state index < -0.39 is 25.4 Å². The van der Waals surface area contributed by atoms with Crippen LogP contribution in [-0.4, -0.2) is 56.4 Å². The van der Waals surface area contributed by atoms with Gasteiger partial charge in [0.2, 0.25) is 5.91 Å². The maximum absolute atomic E-state index is 12.5. The summed E-state index contributed by atoms with van der Waals surface area (Å²) < 4.78 is 22.9. The predicted octanol–water partition coefficient (Wildman–Crippen LogP) is 0.290. The first kappa shape index (κ1) is 19.1. The average Bonchev–Trinajstić information content (AvgIpc) is 2.58. The highest BCUT2D eigenvalue weighted by Gasteiger charge is 2.48. The molecule has 1 aromatic rings. The van der Waals surface area contributed by atoms with Gasteiger partial charge in [0.05, 0.1) is 4.92 Å². The number of amides is 1. The predicted molar refractivity (Wildman–Crippen MR) is 94.3 cm³/mol. The molecule has 1 saturated heterocycles. The Bertz CT molecular complexity index is 727. The number of non-ortho nitro benzene ring substituents is 1. The van der Waals surface area contributed by atoms with Gasteiger partial charge in [0.1, 0.15) is 0 Å². The van der Waals surface area contributed by atoms with Crippen LogP contribution in [-0.2, 0) is 14.6 Å². The highest BCUT2D eigenvalue weighted by molar-refractivity contribution is 7.92. The normalized spacial score (nSPS) is 16.8. The number of nitro benzene ring substituents is 1. The molecule has 1 aliphatic rings. The van der Waals surface area contributed by atoms with Gasteiger partial charge in [-0.1, -0.05) is 0 Å². The molecule has 0 aliphatic carbocycles. The molecule has 0 bridgehead atoms. The van der Waals surface area contributed by atoms with E-state index in [4.69, 9.17) is 0 Å². The van der Waals surface area contributed by atoms with Crippen molar-refractivity contribution in [2.45, 2.75) is 17.6 Å². The fourth-order valence-electron chi connectivity index (χ4n) is 2.84. The van der Waals surface area contributed by atoms with Gasteiger partial charge in [-0.05, 0) is 38.1 Å². The summed E-state index contributed by atoms with van der Waals surface area (Å²) in [5.41, 5.74) is 0.680. The van der Waals surface area contributed by atoms with Gasteiger partial charge in [0.15, 0.2) is 14.6 Å². The van der Waals surface area contributed by atoms with Crippen molar-refractivity contribution < 1.29 is 18.1 Å². The van der Waals surface area contributed by atoms with Crippen LogP contribution in [0.4, 0.5) is 11.4 Å². The number of nitro groups is 1. The molecule has 9 nitrogen and oxygen atoms in total. The summed E-state index contributed by atoms with van der Waals surface area (Å²) in [6, 6.07) is 5.92. The van der Waals surface area contributed by atoms with E-state index >= 15 is 0 Å². The first-order valence-electron chi connectivity index (χ1n) is 7.93. The van der Waals surface area contributed by atoms with Crippen LogP contribution in [0.1, 0.15) is 12.8 Å². The van der Waals surface area contributed by atoms with Crippen molar-refractivity contribution >= 4 is 27.1 Å². The highest BCUT2D eigenvalue weighted by Crippen LogP contribution is 2.27. The van der Waals surface area contributed by atoms with E-state index in [-0.39, 0.29) is 25.1 Å². The molecule has 1 heterocycles. The zero-order valence-electron chi connectivity index (χ0n) is 13.9. The third-order valence-corrected chi connectivity index (χ3v) is 6.37. The fraction of sp³-hybridized carbons (Fsp3) is 0.533. The zero-order valence-corrected chi connectivity index (χ0v) is 14.8. The second-order valence-corrected chi connectivity index (χ2v) is 8.33. The largest absolute Gasteiger partial charge is 0.383 e. The average molecular weight is 370 g/mol. The van der Waals surface area contributed by atoms with Crippen molar-refractivity contribution in [3.8, 4) is 0 Å². The molecule has 2 rings (SSSR count). The summed E-state index contributed by atoms with van der Waals surface area (Å²) in [6.45, 7) is 1.60. The Morgan fingerprint density at radius 3 is 2.36 bits per heavy atom. The molecule has 0 saturated carbocycles. The van der Waals surface area contributed by atoms with Crippen molar-refractivity contribution in [3.63, 3.8) is 0 Å². The summed E-state index contributed by atoms with van der Waals surface area (Å²) in [4.78, 5) is 22.6. The standard InChI is InChI=1S/C15H22N4O5S/c1-25(23,24)15(6-8-16-9-7-15)14(20)18-11-10-17-12-2-4-13(5-3-12)19(21)22/h2-5,16-17H,6-11H2,1H3,(H,18,20). The number of carbonyl (C=O) groups is 1. The second-order valence-electron chi connectivity index (χ2n) is 6.00. The van der Waals surface area contributed by atoms with Gasteiger partial charge in [-0.25, -0.2) is 8.42 Å². The van der Waals surface area contributed by atoms with Gasteiger partial charge < -0.3 is 16.0 Å². The Hall–Kier alpha value is -2.20. The third kappa shape index (κ3) is 4.45. The lowest BCUT2D eigenvalue weighted by molar-refractivity contribution is -0.384. The number of carbonyl (C=O) groups excluding carboxylic acids is 1. The van der Waals surface area contributed by atoms with E-state index in [2.05, 4.69) is 16.0 Å². The number of sulfone groups is 1. The van der Waals surface area contributed by atoms with Gasteiger partial charge >= 0.3 is 0 Å². The van der Waals surface area contributed by atoms with E-state index in [9.17, 15) is 23.3 Å². The van der Waals surface area contributed by atoms with Crippen LogP contribution >= 0.6 is 0 Å². The lowest BCUT2D eigenvalue weighted by atomic mass is 9.96.